The Morgan fingerprint density at radius 3 is 2.00 bits per heavy atom. The first-order valence-corrected chi connectivity index (χ1v) is 5.99. The standard InChI is InChI=1S/C6H12N4S2.HI/c1-11-5-8-9-6(12-2)10(5)4-3-7;/h3-4,7H2,1-2H3;1H. The predicted octanol–water partition coefficient (Wildman–Crippen LogP) is 1.30. The van der Waals surface area contributed by atoms with E-state index in [1.807, 2.05) is 17.1 Å². The van der Waals surface area contributed by atoms with E-state index in [4.69, 9.17) is 5.73 Å². The van der Waals surface area contributed by atoms with Crippen molar-refractivity contribution in [3.63, 3.8) is 0 Å². The van der Waals surface area contributed by atoms with E-state index < -0.39 is 0 Å². The summed E-state index contributed by atoms with van der Waals surface area (Å²) in [6, 6.07) is 0. The SMILES string of the molecule is CSc1nnc(SC)n1CCN.I. The van der Waals surface area contributed by atoms with Gasteiger partial charge in [-0.1, -0.05) is 23.5 Å². The van der Waals surface area contributed by atoms with Crippen molar-refractivity contribution >= 4 is 47.5 Å². The summed E-state index contributed by atoms with van der Waals surface area (Å²) in [6.07, 6.45) is 3.97. The van der Waals surface area contributed by atoms with Gasteiger partial charge in [0.15, 0.2) is 10.3 Å². The van der Waals surface area contributed by atoms with Crippen molar-refractivity contribution in [3.8, 4) is 0 Å². The third-order valence-corrected chi connectivity index (χ3v) is 2.74. The number of nitrogens with two attached hydrogens (primary N) is 1. The van der Waals surface area contributed by atoms with Crippen molar-refractivity contribution < 1.29 is 0 Å². The molecule has 0 aliphatic carbocycles. The van der Waals surface area contributed by atoms with Gasteiger partial charge in [0.2, 0.25) is 0 Å². The van der Waals surface area contributed by atoms with Crippen LogP contribution in [0.3, 0.4) is 0 Å². The maximum atomic E-state index is 5.47. The largest absolute Gasteiger partial charge is 0.329 e. The van der Waals surface area contributed by atoms with Crippen LogP contribution in [0.1, 0.15) is 0 Å². The topological polar surface area (TPSA) is 56.7 Å². The highest BCUT2D eigenvalue weighted by atomic mass is 127. The number of hydrogen-bond acceptors (Lipinski definition) is 5. The van der Waals surface area contributed by atoms with E-state index in [9.17, 15) is 0 Å². The van der Waals surface area contributed by atoms with Crippen LogP contribution in [0.15, 0.2) is 10.3 Å². The number of thioether (sulfide) groups is 2. The van der Waals surface area contributed by atoms with Gasteiger partial charge in [0, 0.05) is 13.1 Å². The minimum absolute atomic E-state index is 0. The molecule has 0 aromatic carbocycles. The summed E-state index contributed by atoms with van der Waals surface area (Å²) in [6.45, 7) is 1.42. The molecule has 0 fully saturated rings. The van der Waals surface area contributed by atoms with Crippen molar-refractivity contribution in [1.82, 2.24) is 14.8 Å². The zero-order valence-electron chi connectivity index (χ0n) is 7.56. The van der Waals surface area contributed by atoms with Crippen LogP contribution in [0, 0.1) is 0 Å². The van der Waals surface area contributed by atoms with E-state index in [2.05, 4.69) is 10.2 Å². The molecule has 1 aromatic rings. The molecular weight excluding hydrogens is 319 g/mol. The summed E-state index contributed by atoms with van der Waals surface area (Å²) in [4.78, 5) is 0. The van der Waals surface area contributed by atoms with Gasteiger partial charge in [-0.3, -0.25) is 4.57 Å². The second kappa shape index (κ2) is 6.91. The molecule has 0 saturated heterocycles. The van der Waals surface area contributed by atoms with E-state index in [1.54, 1.807) is 23.5 Å². The second-order valence-corrected chi connectivity index (χ2v) is 3.66. The van der Waals surface area contributed by atoms with E-state index in [1.165, 1.54) is 0 Å². The molecule has 7 heteroatoms. The van der Waals surface area contributed by atoms with Crippen LogP contribution in [-0.2, 0) is 6.54 Å². The zero-order valence-corrected chi connectivity index (χ0v) is 11.5. The fourth-order valence-electron chi connectivity index (χ4n) is 0.898. The molecule has 2 N–H and O–H groups in total. The highest BCUT2D eigenvalue weighted by molar-refractivity contribution is 14.0. The fourth-order valence-corrected chi connectivity index (χ4v) is 2.00. The van der Waals surface area contributed by atoms with Gasteiger partial charge in [-0.25, -0.2) is 0 Å². The zero-order chi connectivity index (χ0) is 8.97. The number of aromatic nitrogens is 3. The fraction of sp³-hybridized carbons (Fsp3) is 0.667. The summed E-state index contributed by atoms with van der Waals surface area (Å²) in [7, 11) is 0. The average Bonchev–Trinajstić information content (AvgIpc) is 2.48. The van der Waals surface area contributed by atoms with Crippen LogP contribution in [0.4, 0.5) is 0 Å². The molecular formula is C6H13IN4S2. The first kappa shape index (κ1) is 13.5. The third kappa shape index (κ3) is 3.30. The van der Waals surface area contributed by atoms with Gasteiger partial charge in [0.25, 0.3) is 0 Å². The lowest BCUT2D eigenvalue weighted by atomic mass is 10.6. The van der Waals surface area contributed by atoms with Gasteiger partial charge < -0.3 is 5.73 Å². The van der Waals surface area contributed by atoms with Crippen LogP contribution < -0.4 is 5.73 Å². The van der Waals surface area contributed by atoms with Crippen LogP contribution in [0.2, 0.25) is 0 Å². The molecule has 0 atom stereocenters. The van der Waals surface area contributed by atoms with E-state index in [0.29, 0.717) is 6.54 Å². The van der Waals surface area contributed by atoms with E-state index in [-0.39, 0.29) is 24.0 Å². The Bertz CT molecular complexity index is 231. The Morgan fingerprint density at radius 1 is 1.23 bits per heavy atom. The van der Waals surface area contributed by atoms with Crippen molar-refractivity contribution in [2.45, 2.75) is 16.9 Å². The third-order valence-electron chi connectivity index (χ3n) is 1.40. The highest BCUT2D eigenvalue weighted by Crippen LogP contribution is 2.18. The van der Waals surface area contributed by atoms with Gasteiger partial charge in [0.05, 0.1) is 0 Å². The molecule has 0 bridgehead atoms. The summed E-state index contributed by atoms with van der Waals surface area (Å²) in [5.41, 5.74) is 5.47. The van der Waals surface area contributed by atoms with Crippen molar-refractivity contribution in [2.75, 3.05) is 19.1 Å². The van der Waals surface area contributed by atoms with Crippen LogP contribution in [0.5, 0.6) is 0 Å². The Morgan fingerprint density at radius 2 is 1.69 bits per heavy atom. The molecule has 76 valence electrons. The quantitative estimate of drug-likeness (QED) is 0.665. The normalized spacial score (nSPS) is 9.77. The molecule has 0 aliphatic heterocycles. The molecule has 1 aromatic heterocycles. The summed E-state index contributed by atoms with van der Waals surface area (Å²) in [5, 5.41) is 9.92. The predicted molar refractivity (Wildman–Crippen MR) is 68.1 cm³/mol. The lowest BCUT2D eigenvalue weighted by Crippen LogP contribution is -2.11. The molecule has 0 radical (unpaired) electrons. The van der Waals surface area contributed by atoms with Gasteiger partial charge >= 0.3 is 0 Å². The smallest absolute Gasteiger partial charge is 0.191 e. The van der Waals surface area contributed by atoms with Gasteiger partial charge in [-0.2, -0.15) is 0 Å². The molecule has 1 rings (SSSR count). The lowest BCUT2D eigenvalue weighted by Gasteiger charge is -2.04. The highest BCUT2D eigenvalue weighted by Gasteiger charge is 2.08. The Balaban J connectivity index is 0.00000144. The van der Waals surface area contributed by atoms with Gasteiger partial charge in [-0.15, -0.1) is 34.2 Å². The maximum Gasteiger partial charge on any atom is 0.191 e. The molecule has 0 unspecified atom stereocenters. The van der Waals surface area contributed by atoms with Crippen LogP contribution >= 0.6 is 47.5 Å². The molecule has 0 spiro atoms. The molecule has 0 saturated carbocycles. The van der Waals surface area contributed by atoms with Crippen molar-refractivity contribution in [1.29, 1.82) is 0 Å². The number of nitrogens with zero attached hydrogens (tertiary/aromatic N) is 3. The first-order chi connectivity index (χ1) is 5.83. The van der Waals surface area contributed by atoms with Gasteiger partial charge in [-0.05, 0) is 12.5 Å². The van der Waals surface area contributed by atoms with E-state index in [0.717, 1.165) is 16.9 Å². The van der Waals surface area contributed by atoms with Crippen molar-refractivity contribution in [3.05, 3.63) is 0 Å². The summed E-state index contributed by atoms with van der Waals surface area (Å²) < 4.78 is 2.04. The Labute approximate surface area is 103 Å². The second-order valence-electron chi connectivity index (χ2n) is 2.11. The van der Waals surface area contributed by atoms with Crippen LogP contribution in [-0.4, -0.2) is 33.8 Å². The maximum absolute atomic E-state index is 5.47. The monoisotopic (exact) mass is 332 g/mol. The van der Waals surface area contributed by atoms with E-state index >= 15 is 0 Å². The number of halogens is 1. The average molecular weight is 332 g/mol. The Kier molecular flexibility index (Phi) is 7.19. The number of hydrogen-bond donors (Lipinski definition) is 1. The number of rotatable bonds is 4. The Hall–Kier alpha value is 0.530. The van der Waals surface area contributed by atoms with Gasteiger partial charge in [0.1, 0.15) is 0 Å². The van der Waals surface area contributed by atoms with Crippen LogP contribution in [0.25, 0.3) is 0 Å². The molecule has 13 heavy (non-hydrogen) atoms. The summed E-state index contributed by atoms with van der Waals surface area (Å²) >= 11 is 3.18. The first-order valence-electron chi connectivity index (χ1n) is 3.54. The summed E-state index contributed by atoms with van der Waals surface area (Å²) in [5.74, 6) is 0. The minimum Gasteiger partial charge on any atom is -0.329 e. The lowest BCUT2D eigenvalue weighted by molar-refractivity contribution is 0.596. The molecule has 0 aliphatic rings. The molecule has 4 nitrogen and oxygen atoms in total. The molecule has 1 heterocycles. The van der Waals surface area contributed by atoms with Crippen molar-refractivity contribution in [2.24, 2.45) is 5.73 Å². The minimum atomic E-state index is 0. The molecule has 0 amide bonds.